The predicted octanol–water partition coefficient (Wildman–Crippen LogP) is 4.46. The van der Waals surface area contributed by atoms with Gasteiger partial charge < -0.3 is 24.8 Å². The van der Waals surface area contributed by atoms with E-state index in [-0.39, 0.29) is 30.4 Å². The Balaban J connectivity index is 1.62. The van der Waals surface area contributed by atoms with Crippen molar-refractivity contribution in [3.05, 3.63) is 45.8 Å². The maximum Gasteiger partial charge on any atom is 0.341 e. The van der Waals surface area contributed by atoms with Crippen molar-refractivity contribution in [3.63, 3.8) is 0 Å². The van der Waals surface area contributed by atoms with Crippen LogP contribution >= 0.6 is 11.3 Å². The highest BCUT2D eigenvalue weighted by molar-refractivity contribution is 7.17. The molecule has 32 heavy (non-hydrogen) atoms. The number of hydrogen-bond donors (Lipinski definition) is 2. The van der Waals surface area contributed by atoms with Crippen molar-refractivity contribution in [2.24, 2.45) is 0 Å². The lowest BCUT2D eigenvalue weighted by molar-refractivity contribution is -0.111. The normalized spacial score (nSPS) is 17.8. The Kier molecular flexibility index (Phi) is 5.77. The zero-order chi connectivity index (χ0) is 23.1. The molecule has 0 fully saturated rings. The number of thiophene rings is 1. The van der Waals surface area contributed by atoms with Crippen molar-refractivity contribution in [1.82, 2.24) is 5.32 Å². The van der Waals surface area contributed by atoms with Crippen LogP contribution in [0.1, 0.15) is 61.0 Å². The van der Waals surface area contributed by atoms with Gasteiger partial charge in [0.15, 0.2) is 11.5 Å². The van der Waals surface area contributed by atoms with Gasteiger partial charge in [0, 0.05) is 22.0 Å². The topological polar surface area (TPSA) is 85.9 Å². The Morgan fingerprint density at radius 3 is 2.72 bits per heavy atom. The van der Waals surface area contributed by atoms with Crippen LogP contribution in [0.15, 0.2) is 24.3 Å². The van der Waals surface area contributed by atoms with Gasteiger partial charge in [-0.05, 0) is 70.4 Å². The quantitative estimate of drug-likeness (QED) is 0.510. The van der Waals surface area contributed by atoms with Crippen LogP contribution in [0.25, 0.3) is 6.08 Å². The lowest BCUT2D eigenvalue weighted by Gasteiger charge is -2.42. The molecule has 0 spiro atoms. The lowest BCUT2D eigenvalue weighted by Crippen LogP contribution is -2.55. The summed E-state index contributed by atoms with van der Waals surface area (Å²) in [5, 5.41) is 7.05. The highest BCUT2D eigenvalue weighted by atomic mass is 32.1. The third kappa shape index (κ3) is 4.38. The minimum atomic E-state index is -0.409. The summed E-state index contributed by atoms with van der Waals surface area (Å²) in [6.45, 7) is 10.6. The average molecular weight is 457 g/mol. The Labute approximate surface area is 191 Å². The van der Waals surface area contributed by atoms with E-state index in [1.54, 1.807) is 13.0 Å². The van der Waals surface area contributed by atoms with Gasteiger partial charge in [-0.15, -0.1) is 11.3 Å². The highest BCUT2D eigenvalue weighted by Crippen LogP contribution is 2.45. The fourth-order valence-corrected chi connectivity index (χ4v) is 5.65. The van der Waals surface area contributed by atoms with Crippen LogP contribution in [-0.2, 0) is 21.5 Å². The number of hydrogen-bond acceptors (Lipinski definition) is 7. The molecule has 2 N–H and O–H groups in total. The molecule has 1 amide bonds. The van der Waals surface area contributed by atoms with Gasteiger partial charge in [-0.25, -0.2) is 4.79 Å². The molecule has 3 heterocycles. The second-order valence-electron chi connectivity index (χ2n) is 9.08. The Morgan fingerprint density at radius 1 is 1.22 bits per heavy atom. The zero-order valence-electron chi connectivity index (χ0n) is 19.0. The Bertz CT molecular complexity index is 1100. The number of benzene rings is 1. The van der Waals surface area contributed by atoms with E-state index in [4.69, 9.17) is 14.2 Å². The minimum Gasteiger partial charge on any atom is -0.462 e. The summed E-state index contributed by atoms with van der Waals surface area (Å²) in [7, 11) is 0. The number of anilines is 1. The summed E-state index contributed by atoms with van der Waals surface area (Å²) in [6, 6.07) is 5.47. The molecule has 8 heteroatoms. The van der Waals surface area contributed by atoms with Crippen molar-refractivity contribution >= 4 is 34.3 Å². The largest absolute Gasteiger partial charge is 0.462 e. The summed E-state index contributed by atoms with van der Waals surface area (Å²) in [5.41, 5.74) is 1.68. The first-order valence-corrected chi connectivity index (χ1v) is 11.4. The van der Waals surface area contributed by atoms with Crippen LogP contribution in [0.4, 0.5) is 5.00 Å². The van der Waals surface area contributed by atoms with E-state index < -0.39 is 5.97 Å². The average Bonchev–Trinajstić information content (AvgIpc) is 3.29. The van der Waals surface area contributed by atoms with E-state index in [1.807, 2.05) is 18.2 Å². The molecular formula is C24H28N2O5S. The third-order valence-corrected chi connectivity index (χ3v) is 6.86. The van der Waals surface area contributed by atoms with Gasteiger partial charge in [-0.3, -0.25) is 4.79 Å². The van der Waals surface area contributed by atoms with Gasteiger partial charge in [-0.2, -0.15) is 0 Å². The molecule has 2 aliphatic heterocycles. The van der Waals surface area contributed by atoms with Crippen molar-refractivity contribution in [3.8, 4) is 11.5 Å². The first-order valence-electron chi connectivity index (χ1n) is 10.6. The fraction of sp³-hybridized carbons (Fsp3) is 0.417. The monoisotopic (exact) mass is 456 g/mol. The standard InChI is InChI=1S/C24H28N2O5S/c1-6-29-22(28)19-15-12-23(2,3)26-24(4,5)20(15)32-21(19)25-18(27)10-8-14-7-9-16-17(11-14)31-13-30-16/h7-11,26H,6,12-13H2,1-5H3,(H,25,27)/b10-8+. The van der Waals surface area contributed by atoms with Crippen LogP contribution in [0.2, 0.25) is 0 Å². The van der Waals surface area contributed by atoms with Gasteiger partial charge in [0.2, 0.25) is 12.7 Å². The fourth-order valence-electron chi connectivity index (χ4n) is 4.38. The number of nitrogens with one attached hydrogen (secondary N) is 2. The molecule has 2 aromatic rings. The summed E-state index contributed by atoms with van der Waals surface area (Å²) in [6.07, 6.45) is 3.81. The number of fused-ring (bicyclic) bond motifs is 2. The first-order chi connectivity index (χ1) is 15.1. The van der Waals surface area contributed by atoms with Crippen molar-refractivity contribution in [1.29, 1.82) is 0 Å². The SMILES string of the molecule is CCOC(=O)c1c(NC(=O)/C=C/c2ccc3c(c2)OCO3)sc2c1CC(C)(C)NC2(C)C. The smallest absolute Gasteiger partial charge is 0.341 e. The molecule has 0 unspecified atom stereocenters. The summed E-state index contributed by atoms with van der Waals surface area (Å²) in [4.78, 5) is 26.6. The van der Waals surface area contributed by atoms with Crippen LogP contribution in [0.3, 0.4) is 0 Å². The summed E-state index contributed by atoms with van der Waals surface area (Å²) in [5.74, 6) is 0.611. The van der Waals surface area contributed by atoms with Gasteiger partial charge in [0.05, 0.1) is 12.2 Å². The highest BCUT2D eigenvalue weighted by Gasteiger charge is 2.42. The first kappa shape index (κ1) is 22.4. The molecule has 0 aliphatic carbocycles. The van der Waals surface area contributed by atoms with E-state index in [9.17, 15) is 9.59 Å². The summed E-state index contributed by atoms with van der Waals surface area (Å²) >= 11 is 1.42. The number of amides is 1. The number of rotatable bonds is 5. The molecule has 2 aliphatic rings. The minimum absolute atomic E-state index is 0.195. The molecule has 0 radical (unpaired) electrons. The van der Waals surface area contributed by atoms with E-state index in [0.29, 0.717) is 28.5 Å². The van der Waals surface area contributed by atoms with Crippen LogP contribution in [-0.4, -0.2) is 30.8 Å². The Morgan fingerprint density at radius 2 is 1.97 bits per heavy atom. The molecule has 7 nitrogen and oxygen atoms in total. The second-order valence-corrected chi connectivity index (χ2v) is 10.1. The molecule has 0 saturated carbocycles. The van der Waals surface area contributed by atoms with Gasteiger partial charge in [-0.1, -0.05) is 6.07 Å². The molecule has 0 bridgehead atoms. The maximum absolute atomic E-state index is 12.9. The van der Waals surface area contributed by atoms with Crippen LogP contribution in [0.5, 0.6) is 11.5 Å². The van der Waals surface area contributed by atoms with E-state index in [0.717, 1.165) is 16.0 Å². The van der Waals surface area contributed by atoms with Gasteiger partial charge in [0.25, 0.3) is 0 Å². The van der Waals surface area contributed by atoms with Crippen molar-refractivity contribution in [2.75, 3.05) is 18.7 Å². The van der Waals surface area contributed by atoms with Crippen molar-refractivity contribution < 1.29 is 23.8 Å². The summed E-state index contributed by atoms with van der Waals surface area (Å²) < 4.78 is 16.0. The molecule has 170 valence electrons. The molecular weight excluding hydrogens is 428 g/mol. The van der Waals surface area contributed by atoms with Crippen LogP contribution in [0, 0.1) is 0 Å². The number of ether oxygens (including phenoxy) is 3. The number of carbonyl (C=O) groups excluding carboxylic acids is 2. The number of carbonyl (C=O) groups is 2. The van der Waals surface area contributed by atoms with E-state index in [1.165, 1.54) is 17.4 Å². The third-order valence-electron chi connectivity index (χ3n) is 5.38. The Hall–Kier alpha value is -2.84. The maximum atomic E-state index is 12.9. The van der Waals surface area contributed by atoms with Gasteiger partial charge in [0.1, 0.15) is 5.00 Å². The molecule has 0 atom stereocenters. The second kappa shape index (κ2) is 8.26. The number of esters is 1. The predicted molar refractivity (Wildman–Crippen MR) is 124 cm³/mol. The van der Waals surface area contributed by atoms with E-state index in [2.05, 4.69) is 38.3 Å². The zero-order valence-corrected chi connectivity index (χ0v) is 19.8. The molecule has 1 aromatic heterocycles. The molecule has 0 saturated heterocycles. The molecule has 4 rings (SSSR count). The van der Waals surface area contributed by atoms with Gasteiger partial charge >= 0.3 is 5.97 Å². The lowest BCUT2D eigenvalue weighted by atomic mass is 9.81. The molecule has 1 aromatic carbocycles. The van der Waals surface area contributed by atoms with Crippen LogP contribution < -0.4 is 20.1 Å². The van der Waals surface area contributed by atoms with Crippen molar-refractivity contribution in [2.45, 2.75) is 52.1 Å². The van der Waals surface area contributed by atoms with E-state index >= 15 is 0 Å².